The third-order valence-electron chi connectivity index (χ3n) is 3.31. The summed E-state index contributed by atoms with van der Waals surface area (Å²) in [5.41, 5.74) is 2.36. The van der Waals surface area contributed by atoms with Crippen molar-refractivity contribution in [3.8, 4) is 10.6 Å². The highest BCUT2D eigenvalue weighted by molar-refractivity contribution is 7.13. The summed E-state index contributed by atoms with van der Waals surface area (Å²) in [5.74, 6) is 0. The van der Waals surface area contributed by atoms with Crippen LogP contribution in [0, 0.1) is 6.92 Å². The molecule has 0 spiro atoms. The quantitative estimate of drug-likeness (QED) is 0.903. The van der Waals surface area contributed by atoms with Crippen LogP contribution < -0.4 is 5.32 Å². The van der Waals surface area contributed by atoms with Crippen LogP contribution in [-0.4, -0.2) is 22.4 Å². The molecule has 3 nitrogen and oxygen atoms in total. The lowest BCUT2D eigenvalue weighted by molar-refractivity contribution is 0.469. The lowest BCUT2D eigenvalue weighted by atomic mass is 10.2. The van der Waals surface area contributed by atoms with Crippen molar-refractivity contribution in [2.45, 2.75) is 32.4 Å². The molecule has 17 heavy (non-hydrogen) atoms. The van der Waals surface area contributed by atoms with Gasteiger partial charge in [0.25, 0.3) is 0 Å². The second kappa shape index (κ2) is 4.63. The maximum atomic E-state index is 4.70. The predicted molar refractivity (Wildman–Crippen MR) is 71.3 cm³/mol. The van der Waals surface area contributed by atoms with E-state index in [1.807, 2.05) is 0 Å². The van der Waals surface area contributed by atoms with Gasteiger partial charge in [0.05, 0.1) is 11.4 Å². The van der Waals surface area contributed by atoms with Crippen molar-refractivity contribution < 1.29 is 0 Å². The fourth-order valence-corrected chi connectivity index (χ4v) is 3.04. The first kappa shape index (κ1) is 11.0. The summed E-state index contributed by atoms with van der Waals surface area (Å²) in [5, 5.41) is 10.3. The van der Waals surface area contributed by atoms with Gasteiger partial charge in [-0.3, -0.25) is 4.68 Å². The molecule has 3 rings (SSSR count). The molecule has 1 atom stereocenters. The summed E-state index contributed by atoms with van der Waals surface area (Å²) >= 11 is 1.75. The Labute approximate surface area is 105 Å². The lowest BCUT2D eigenvalue weighted by Gasteiger charge is -2.11. The second-order valence-corrected chi connectivity index (χ2v) is 5.57. The summed E-state index contributed by atoms with van der Waals surface area (Å²) < 4.78 is 2.14. The van der Waals surface area contributed by atoms with Crippen LogP contribution >= 0.6 is 11.3 Å². The van der Waals surface area contributed by atoms with E-state index in [-0.39, 0.29) is 0 Å². The van der Waals surface area contributed by atoms with Crippen molar-refractivity contribution in [1.82, 2.24) is 15.1 Å². The minimum Gasteiger partial charge on any atom is -0.312 e. The van der Waals surface area contributed by atoms with Crippen LogP contribution in [0.1, 0.15) is 18.5 Å². The molecule has 3 heterocycles. The minimum atomic E-state index is 0.602. The van der Waals surface area contributed by atoms with Gasteiger partial charge < -0.3 is 5.32 Å². The zero-order valence-corrected chi connectivity index (χ0v) is 10.8. The first-order chi connectivity index (χ1) is 8.33. The van der Waals surface area contributed by atoms with Crippen molar-refractivity contribution in [3.63, 3.8) is 0 Å². The van der Waals surface area contributed by atoms with Crippen molar-refractivity contribution in [3.05, 3.63) is 29.3 Å². The summed E-state index contributed by atoms with van der Waals surface area (Å²) in [7, 11) is 0. The summed E-state index contributed by atoms with van der Waals surface area (Å²) in [6.45, 7) is 4.29. The predicted octanol–water partition coefficient (Wildman–Crippen LogP) is 2.67. The first-order valence-corrected chi connectivity index (χ1v) is 7.02. The van der Waals surface area contributed by atoms with Gasteiger partial charge in [0.15, 0.2) is 0 Å². The van der Waals surface area contributed by atoms with Crippen molar-refractivity contribution in [2.24, 2.45) is 0 Å². The Hall–Kier alpha value is -1.13. The molecule has 1 aliphatic heterocycles. The standard InChI is InChI=1S/C13H17N3S/c1-10-8-12(13-5-3-7-17-13)15-16(10)9-11-4-2-6-14-11/h3,5,7-8,11,14H,2,4,6,9H2,1H3. The van der Waals surface area contributed by atoms with Gasteiger partial charge in [-0.05, 0) is 43.8 Å². The molecule has 1 unspecified atom stereocenters. The van der Waals surface area contributed by atoms with Crippen LogP contribution in [0.15, 0.2) is 23.6 Å². The molecule has 0 aromatic carbocycles. The number of nitrogens with zero attached hydrogens (tertiary/aromatic N) is 2. The lowest BCUT2D eigenvalue weighted by Crippen LogP contribution is -2.27. The molecule has 0 amide bonds. The van der Waals surface area contributed by atoms with Gasteiger partial charge in [-0.25, -0.2) is 0 Å². The number of hydrogen-bond acceptors (Lipinski definition) is 3. The molecule has 0 radical (unpaired) electrons. The second-order valence-electron chi connectivity index (χ2n) is 4.62. The Morgan fingerprint density at radius 1 is 1.59 bits per heavy atom. The van der Waals surface area contributed by atoms with E-state index < -0.39 is 0 Å². The fraction of sp³-hybridized carbons (Fsp3) is 0.462. The molecule has 2 aromatic heterocycles. The summed E-state index contributed by atoms with van der Waals surface area (Å²) in [4.78, 5) is 1.26. The highest BCUT2D eigenvalue weighted by Gasteiger charge is 2.16. The largest absolute Gasteiger partial charge is 0.312 e. The molecule has 2 aromatic rings. The number of rotatable bonds is 3. The molecule has 90 valence electrons. The molecular weight excluding hydrogens is 230 g/mol. The SMILES string of the molecule is Cc1cc(-c2cccs2)nn1CC1CCCN1. The molecule has 0 bridgehead atoms. The number of thiophene rings is 1. The van der Waals surface area contributed by atoms with Crippen LogP contribution in [0.5, 0.6) is 0 Å². The van der Waals surface area contributed by atoms with Gasteiger partial charge in [-0.15, -0.1) is 11.3 Å². The zero-order chi connectivity index (χ0) is 11.7. The third kappa shape index (κ3) is 2.28. The molecule has 4 heteroatoms. The van der Waals surface area contributed by atoms with Crippen LogP contribution in [0.25, 0.3) is 10.6 Å². The van der Waals surface area contributed by atoms with Gasteiger partial charge in [-0.1, -0.05) is 6.07 Å². The van der Waals surface area contributed by atoms with Crippen molar-refractivity contribution in [1.29, 1.82) is 0 Å². The van der Waals surface area contributed by atoms with Crippen molar-refractivity contribution >= 4 is 11.3 Å². The van der Waals surface area contributed by atoms with E-state index in [1.165, 1.54) is 23.4 Å². The molecule has 0 saturated carbocycles. The fourth-order valence-electron chi connectivity index (χ4n) is 2.36. The van der Waals surface area contributed by atoms with E-state index in [4.69, 9.17) is 5.10 Å². The van der Waals surface area contributed by atoms with Gasteiger partial charge in [-0.2, -0.15) is 5.10 Å². The number of nitrogens with one attached hydrogen (secondary N) is 1. The Balaban J connectivity index is 1.80. The normalized spacial score (nSPS) is 19.9. The van der Waals surface area contributed by atoms with Crippen LogP contribution in [0.2, 0.25) is 0 Å². The first-order valence-electron chi connectivity index (χ1n) is 6.14. The molecule has 1 saturated heterocycles. The minimum absolute atomic E-state index is 0.602. The van der Waals surface area contributed by atoms with E-state index in [1.54, 1.807) is 11.3 Å². The van der Waals surface area contributed by atoms with E-state index in [0.717, 1.165) is 18.8 Å². The number of aromatic nitrogens is 2. The van der Waals surface area contributed by atoms with Crippen molar-refractivity contribution in [2.75, 3.05) is 6.54 Å². The highest BCUT2D eigenvalue weighted by atomic mass is 32.1. The molecule has 1 fully saturated rings. The molecule has 1 aliphatic rings. The van der Waals surface area contributed by atoms with E-state index in [9.17, 15) is 0 Å². The van der Waals surface area contributed by atoms with E-state index in [2.05, 4.69) is 40.5 Å². The van der Waals surface area contributed by atoms with Crippen LogP contribution in [0.3, 0.4) is 0 Å². The smallest absolute Gasteiger partial charge is 0.103 e. The van der Waals surface area contributed by atoms with E-state index in [0.29, 0.717) is 6.04 Å². The average Bonchev–Trinajstić information content (AvgIpc) is 3.02. The Kier molecular flexibility index (Phi) is 2.99. The van der Waals surface area contributed by atoms with E-state index >= 15 is 0 Å². The number of aryl methyl sites for hydroxylation is 1. The topological polar surface area (TPSA) is 29.9 Å². The Morgan fingerprint density at radius 3 is 3.24 bits per heavy atom. The summed E-state index contributed by atoms with van der Waals surface area (Å²) in [6.07, 6.45) is 2.57. The zero-order valence-electron chi connectivity index (χ0n) is 10.0. The molecule has 1 N–H and O–H groups in total. The maximum Gasteiger partial charge on any atom is 0.103 e. The van der Waals surface area contributed by atoms with Crippen LogP contribution in [-0.2, 0) is 6.54 Å². The Morgan fingerprint density at radius 2 is 2.53 bits per heavy atom. The highest BCUT2D eigenvalue weighted by Crippen LogP contribution is 2.24. The monoisotopic (exact) mass is 247 g/mol. The van der Waals surface area contributed by atoms with Gasteiger partial charge in [0, 0.05) is 11.7 Å². The maximum absolute atomic E-state index is 4.70. The number of hydrogen-bond donors (Lipinski definition) is 1. The summed E-state index contributed by atoms with van der Waals surface area (Å²) in [6, 6.07) is 6.99. The van der Waals surface area contributed by atoms with Crippen LogP contribution in [0.4, 0.5) is 0 Å². The Bertz CT molecular complexity index is 481. The van der Waals surface area contributed by atoms with Gasteiger partial charge >= 0.3 is 0 Å². The third-order valence-corrected chi connectivity index (χ3v) is 4.20. The van der Waals surface area contributed by atoms with Gasteiger partial charge in [0.1, 0.15) is 5.69 Å². The van der Waals surface area contributed by atoms with Gasteiger partial charge in [0.2, 0.25) is 0 Å². The average molecular weight is 247 g/mol. The molecule has 0 aliphatic carbocycles. The molecular formula is C13H17N3S.